The average molecular weight is 342 g/mol. The molecule has 1 aromatic carbocycles. The van der Waals surface area contributed by atoms with Crippen LogP contribution in [-0.4, -0.2) is 28.7 Å². The van der Waals surface area contributed by atoms with Gasteiger partial charge in [0.15, 0.2) is 0 Å². The van der Waals surface area contributed by atoms with E-state index in [-0.39, 0.29) is 23.8 Å². The van der Waals surface area contributed by atoms with Gasteiger partial charge in [0.2, 0.25) is 0 Å². The maximum Gasteiger partial charge on any atom is 0.253 e. The van der Waals surface area contributed by atoms with Crippen molar-refractivity contribution in [3.63, 3.8) is 0 Å². The lowest BCUT2D eigenvalue weighted by Crippen LogP contribution is -2.37. The van der Waals surface area contributed by atoms with Crippen LogP contribution in [0.15, 0.2) is 36.4 Å². The van der Waals surface area contributed by atoms with Crippen molar-refractivity contribution in [3.8, 4) is 0 Å². The van der Waals surface area contributed by atoms with Gasteiger partial charge in [0, 0.05) is 37.0 Å². The van der Waals surface area contributed by atoms with Gasteiger partial charge in [-0.05, 0) is 37.8 Å². The Morgan fingerprint density at radius 2 is 1.88 bits per heavy atom. The van der Waals surface area contributed by atoms with E-state index in [1.54, 1.807) is 0 Å². The van der Waals surface area contributed by atoms with Crippen LogP contribution in [0.4, 0.5) is 0 Å². The summed E-state index contributed by atoms with van der Waals surface area (Å²) >= 11 is 0. The zero-order chi connectivity index (χ0) is 18.6. The summed E-state index contributed by atoms with van der Waals surface area (Å²) in [7, 11) is 0. The van der Waals surface area contributed by atoms with Crippen LogP contribution < -0.4 is 5.32 Å². The molecule has 0 aliphatic carbocycles. The van der Waals surface area contributed by atoms with Crippen molar-refractivity contribution in [1.29, 1.82) is 0 Å². The average Bonchev–Trinajstić information content (AvgIpc) is 2.89. The molecule has 4 heteroatoms. The number of aliphatic hydroxyl groups is 1. The highest BCUT2D eigenvalue weighted by atomic mass is 16.3. The maximum atomic E-state index is 12.7. The van der Waals surface area contributed by atoms with Crippen LogP contribution in [0.5, 0.6) is 0 Å². The van der Waals surface area contributed by atoms with E-state index in [0.717, 1.165) is 29.1 Å². The number of benzene rings is 1. The van der Waals surface area contributed by atoms with Gasteiger partial charge >= 0.3 is 0 Å². The Balaban J connectivity index is 2.20. The first-order chi connectivity index (χ1) is 11.8. The third kappa shape index (κ3) is 4.13. The van der Waals surface area contributed by atoms with Crippen LogP contribution in [0.3, 0.4) is 0 Å². The SMILES string of the molecule is CCn1c(C)cc(C(=O)NCC(c2ccccc2)C(C)(C)CO)c1C. The normalized spacial score (nSPS) is 12.9. The van der Waals surface area contributed by atoms with Gasteiger partial charge in [-0.25, -0.2) is 0 Å². The number of rotatable bonds is 7. The molecular formula is C21H30N2O2. The predicted octanol–water partition coefficient (Wildman–Crippen LogP) is 3.66. The second-order valence-corrected chi connectivity index (χ2v) is 7.35. The van der Waals surface area contributed by atoms with Crippen molar-refractivity contribution in [2.45, 2.75) is 47.1 Å². The van der Waals surface area contributed by atoms with E-state index in [0.29, 0.717) is 6.54 Å². The van der Waals surface area contributed by atoms with E-state index in [1.165, 1.54) is 0 Å². The molecule has 25 heavy (non-hydrogen) atoms. The number of carbonyl (C=O) groups excluding carboxylic acids is 1. The summed E-state index contributed by atoms with van der Waals surface area (Å²) in [5, 5.41) is 12.9. The van der Waals surface area contributed by atoms with E-state index in [4.69, 9.17) is 0 Å². The van der Waals surface area contributed by atoms with Crippen molar-refractivity contribution in [2.24, 2.45) is 5.41 Å². The molecule has 2 rings (SSSR count). The highest BCUT2D eigenvalue weighted by Crippen LogP contribution is 2.34. The summed E-state index contributed by atoms with van der Waals surface area (Å²) in [6.07, 6.45) is 0. The summed E-state index contributed by atoms with van der Waals surface area (Å²) < 4.78 is 2.14. The number of nitrogens with one attached hydrogen (secondary N) is 1. The number of aliphatic hydroxyl groups excluding tert-OH is 1. The van der Waals surface area contributed by atoms with Crippen molar-refractivity contribution in [1.82, 2.24) is 9.88 Å². The predicted molar refractivity (Wildman–Crippen MR) is 102 cm³/mol. The Morgan fingerprint density at radius 1 is 1.24 bits per heavy atom. The zero-order valence-corrected chi connectivity index (χ0v) is 16.0. The minimum absolute atomic E-state index is 0.0392. The van der Waals surface area contributed by atoms with Crippen LogP contribution in [0, 0.1) is 19.3 Å². The number of aromatic nitrogens is 1. The summed E-state index contributed by atoms with van der Waals surface area (Å²) in [5.41, 5.74) is 3.62. The molecule has 0 saturated carbocycles. The van der Waals surface area contributed by atoms with Gasteiger partial charge in [-0.3, -0.25) is 4.79 Å². The van der Waals surface area contributed by atoms with Crippen molar-refractivity contribution < 1.29 is 9.90 Å². The van der Waals surface area contributed by atoms with Crippen LogP contribution in [0.25, 0.3) is 0 Å². The minimum atomic E-state index is -0.324. The molecule has 136 valence electrons. The molecule has 0 spiro atoms. The first-order valence-corrected chi connectivity index (χ1v) is 8.92. The lowest BCUT2D eigenvalue weighted by molar-refractivity contribution is 0.0919. The van der Waals surface area contributed by atoms with Crippen LogP contribution >= 0.6 is 0 Å². The minimum Gasteiger partial charge on any atom is -0.396 e. The molecule has 0 fully saturated rings. The topological polar surface area (TPSA) is 54.3 Å². The van der Waals surface area contributed by atoms with E-state index in [1.807, 2.05) is 52.0 Å². The number of aryl methyl sites for hydroxylation is 1. The van der Waals surface area contributed by atoms with E-state index >= 15 is 0 Å². The number of hydrogen-bond acceptors (Lipinski definition) is 2. The van der Waals surface area contributed by atoms with Crippen LogP contribution in [0.2, 0.25) is 0 Å². The number of amides is 1. The van der Waals surface area contributed by atoms with E-state index < -0.39 is 0 Å². The van der Waals surface area contributed by atoms with E-state index in [2.05, 4.69) is 28.9 Å². The quantitative estimate of drug-likeness (QED) is 0.807. The summed E-state index contributed by atoms with van der Waals surface area (Å²) in [6, 6.07) is 12.0. The van der Waals surface area contributed by atoms with Gasteiger partial charge in [0.05, 0.1) is 5.56 Å². The second-order valence-electron chi connectivity index (χ2n) is 7.35. The molecule has 1 aromatic heterocycles. The summed E-state index contributed by atoms with van der Waals surface area (Å²) in [6.45, 7) is 11.6. The molecule has 0 saturated heterocycles. The Labute approximate surface area is 150 Å². The summed E-state index contributed by atoms with van der Waals surface area (Å²) in [4.78, 5) is 12.7. The molecule has 2 N–H and O–H groups in total. The molecule has 1 heterocycles. The zero-order valence-electron chi connectivity index (χ0n) is 16.0. The molecule has 0 bridgehead atoms. The third-order valence-corrected chi connectivity index (χ3v) is 5.15. The molecule has 1 atom stereocenters. The van der Waals surface area contributed by atoms with Gasteiger partial charge in [0.1, 0.15) is 0 Å². The fourth-order valence-corrected chi connectivity index (χ4v) is 3.45. The fourth-order valence-electron chi connectivity index (χ4n) is 3.45. The Kier molecular flexibility index (Phi) is 6.07. The maximum absolute atomic E-state index is 12.7. The number of carbonyl (C=O) groups is 1. The van der Waals surface area contributed by atoms with Crippen molar-refractivity contribution in [3.05, 3.63) is 58.9 Å². The van der Waals surface area contributed by atoms with Gasteiger partial charge in [-0.2, -0.15) is 0 Å². The van der Waals surface area contributed by atoms with Gasteiger partial charge in [-0.1, -0.05) is 44.2 Å². The standard InChI is InChI=1S/C21H30N2O2/c1-6-23-15(2)12-18(16(23)3)20(25)22-13-19(21(4,5)14-24)17-10-8-7-9-11-17/h7-12,19,24H,6,13-14H2,1-5H3,(H,22,25). The number of hydrogen-bond donors (Lipinski definition) is 2. The first kappa shape index (κ1) is 19.3. The lowest BCUT2D eigenvalue weighted by atomic mass is 9.75. The molecular weight excluding hydrogens is 312 g/mol. The largest absolute Gasteiger partial charge is 0.396 e. The molecule has 0 radical (unpaired) electrons. The van der Waals surface area contributed by atoms with Gasteiger partial charge < -0.3 is 15.0 Å². The monoisotopic (exact) mass is 342 g/mol. The van der Waals surface area contributed by atoms with E-state index in [9.17, 15) is 9.90 Å². The first-order valence-electron chi connectivity index (χ1n) is 8.92. The van der Waals surface area contributed by atoms with Crippen molar-refractivity contribution in [2.75, 3.05) is 13.2 Å². The van der Waals surface area contributed by atoms with Gasteiger partial charge in [0.25, 0.3) is 5.91 Å². The Hall–Kier alpha value is -2.07. The lowest BCUT2D eigenvalue weighted by Gasteiger charge is -2.33. The highest BCUT2D eigenvalue weighted by molar-refractivity contribution is 5.95. The molecule has 0 aliphatic rings. The Bertz CT molecular complexity index is 717. The van der Waals surface area contributed by atoms with Crippen LogP contribution in [0.1, 0.15) is 54.0 Å². The second kappa shape index (κ2) is 7.87. The molecule has 1 amide bonds. The van der Waals surface area contributed by atoms with Gasteiger partial charge in [-0.15, -0.1) is 0 Å². The molecule has 1 unspecified atom stereocenters. The third-order valence-electron chi connectivity index (χ3n) is 5.15. The molecule has 2 aromatic rings. The highest BCUT2D eigenvalue weighted by Gasteiger charge is 2.30. The smallest absolute Gasteiger partial charge is 0.253 e. The van der Waals surface area contributed by atoms with Crippen molar-refractivity contribution >= 4 is 5.91 Å². The summed E-state index contributed by atoms with van der Waals surface area (Å²) in [5.74, 6) is -0.0141. The fraction of sp³-hybridized carbons (Fsp3) is 0.476. The molecule has 0 aliphatic heterocycles. The Morgan fingerprint density at radius 3 is 2.40 bits per heavy atom. The molecule has 4 nitrogen and oxygen atoms in total. The number of nitrogens with zero attached hydrogens (tertiary/aromatic N) is 1. The van der Waals surface area contributed by atoms with Crippen LogP contribution in [-0.2, 0) is 6.54 Å².